The van der Waals surface area contributed by atoms with Gasteiger partial charge >= 0.3 is 0 Å². The van der Waals surface area contributed by atoms with Gasteiger partial charge in [-0.05, 0) is 23.8 Å². The zero-order chi connectivity index (χ0) is 12.0. The van der Waals surface area contributed by atoms with Crippen LogP contribution < -0.4 is 10.6 Å². The number of hydrogen-bond acceptors (Lipinski definition) is 3. The van der Waals surface area contributed by atoms with Gasteiger partial charge in [0.05, 0.1) is 0 Å². The molecular weight excluding hydrogens is 222 g/mol. The van der Waals surface area contributed by atoms with E-state index in [1.165, 1.54) is 0 Å². The molecule has 0 aromatic rings. The first-order valence-electron chi connectivity index (χ1n) is 5.83. The Kier molecular flexibility index (Phi) is 5.66. The van der Waals surface area contributed by atoms with E-state index in [9.17, 15) is 4.79 Å². The first kappa shape index (κ1) is 13.4. The van der Waals surface area contributed by atoms with E-state index in [1.54, 1.807) is 0 Å². The van der Waals surface area contributed by atoms with Gasteiger partial charge in [0.1, 0.15) is 6.04 Å². The average molecular weight is 243 g/mol. The predicted molar refractivity (Wildman–Crippen MR) is 69.8 cm³/mol. The molecule has 0 spiro atoms. The summed E-state index contributed by atoms with van der Waals surface area (Å²) in [6.45, 7) is 7.09. The third kappa shape index (κ3) is 4.43. The molecule has 4 nitrogen and oxygen atoms in total. The fourth-order valence-electron chi connectivity index (χ4n) is 1.38. The molecule has 1 saturated heterocycles. The van der Waals surface area contributed by atoms with Crippen molar-refractivity contribution in [3.63, 3.8) is 0 Å². The highest BCUT2D eigenvalue weighted by Crippen LogP contribution is 2.07. The Hall–Kier alpha value is -0.710. The Balaban J connectivity index is 2.35. The highest BCUT2D eigenvalue weighted by molar-refractivity contribution is 7.99. The number of amides is 1. The molecule has 1 amide bonds. The van der Waals surface area contributed by atoms with Crippen molar-refractivity contribution in [3.05, 3.63) is 0 Å². The average Bonchev–Trinajstić information content (AvgIpc) is 2.57. The van der Waals surface area contributed by atoms with E-state index in [1.807, 2.05) is 11.8 Å². The molecule has 1 aliphatic heterocycles. The van der Waals surface area contributed by atoms with Crippen LogP contribution in [0, 0.1) is 5.92 Å². The summed E-state index contributed by atoms with van der Waals surface area (Å²) in [5, 5.41) is 5.91. The van der Waals surface area contributed by atoms with Crippen LogP contribution in [0.25, 0.3) is 0 Å². The molecule has 1 aliphatic rings. The molecule has 0 saturated carbocycles. The second-order valence-electron chi connectivity index (χ2n) is 4.25. The Morgan fingerprint density at radius 2 is 2.25 bits per heavy atom. The topological polar surface area (TPSA) is 53.5 Å². The van der Waals surface area contributed by atoms with Crippen molar-refractivity contribution in [3.8, 4) is 0 Å². The SMILES string of the molecule is CCSCCC1NC(=NCC(C)C)NC1=O. The monoisotopic (exact) mass is 243 g/mol. The first-order chi connectivity index (χ1) is 7.63. The van der Waals surface area contributed by atoms with Crippen LogP contribution in [-0.2, 0) is 4.79 Å². The third-order valence-electron chi connectivity index (χ3n) is 2.24. The molecule has 92 valence electrons. The summed E-state index contributed by atoms with van der Waals surface area (Å²) in [7, 11) is 0. The van der Waals surface area contributed by atoms with E-state index >= 15 is 0 Å². The predicted octanol–water partition coefficient (Wildman–Crippen LogP) is 1.23. The van der Waals surface area contributed by atoms with E-state index in [-0.39, 0.29) is 11.9 Å². The molecule has 1 heterocycles. The number of thioether (sulfide) groups is 1. The van der Waals surface area contributed by atoms with E-state index in [2.05, 4.69) is 36.4 Å². The second-order valence-corrected chi connectivity index (χ2v) is 5.65. The van der Waals surface area contributed by atoms with Gasteiger partial charge in [-0.3, -0.25) is 15.1 Å². The van der Waals surface area contributed by atoms with E-state index < -0.39 is 0 Å². The van der Waals surface area contributed by atoms with Crippen LogP contribution in [0.3, 0.4) is 0 Å². The molecule has 1 unspecified atom stereocenters. The standard InChI is InChI=1S/C11H21N3OS/c1-4-16-6-5-9-10(15)14-11(13-9)12-7-8(2)3/h8-9H,4-7H2,1-3H3,(H2,12,13,14,15). The highest BCUT2D eigenvalue weighted by atomic mass is 32.2. The molecule has 0 aromatic carbocycles. The lowest BCUT2D eigenvalue weighted by molar-refractivity contribution is -0.120. The largest absolute Gasteiger partial charge is 0.344 e. The Labute approximate surface area is 102 Å². The first-order valence-corrected chi connectivity index (χ1v) is 6.98. The van der Waals surface area contributed by atoms with Crippen molar-refractivity contribution in [2.75, 3.05) is 18.1 Å². The summed E-state index contributed by atoms with van der Waals surface area (Å²) in [6.07, 6.45) is 0.866. The van der Waals surface area contributed by atoms with Crippen LogP contribution in [0.5, 0.6) is 0 Å². The molecule has 0 bridgehead atoms. The summed E-state index contributed by atoms with van der Waals surface area (Å²) in [5.41, 5.74) is 0. The lowest BCUT2D eigenvalue weighted by atomic mass is 10.2. The summed E-state index contributed by atoms with van der Waals surface area (Å²) in [6, 6.07) is -0.0926. The number of carbonyl (C=O) groups is 1. The molecule has 5 heteroatoms. The van der Waals surface area contributed by atoms with Crippen LogP contribution in [0.2, 0.25) is 0 Å². The summed E-state index contributed by atoms with van der Waals surface area (Å²) >= 11 is 1.86. The van der Waals surface area contributed by atoms with Crippen molar-refractivity contribution < 1.29 is 4.79 Å². The number of guanidine groups is 1. The van der Waals surface area contributed by atoms with Crippen LogP contribution in [0.4, 0.5) is 0 Å². The van der Waals surface area contributed by atoms with E-state index in [4.69, 9.17) is 0 Å². The minimum Gasteiger partial charge on any atom is -0.344 e. The van der Waals surface area contributed by atoms with Gasteiger partial charge in [-0.15, -0.1) is 0 Å². The number of hydrogen-bond donors (Lipinski definition) is 2. The summed E-state index contributed by atoms with van der Waals surface area (Å²) in [5.74, 6) is 3.33. The minimum absolute atomic E-state index is 0.0548. The van der Waals surface area contributed by atoms with Crippen LogP contribution in [0.1, 0.15) is 27.2 Å². The molecule has 2 N–H and O–H groups in total. The molecule has 1 fully saturated rings. The number of aliphatic imine (C=N–C) groups is 1. The van der Waals surface area contributed by atoms with E-state index in [0.29, 0.717) is 11.9 Å². The quantitative estimate of drug-likeness (QED) is 0.690. The zero-order valence-electron chi connectivity index (χ0n) is 10.2. The summed E-state index contributed by atoms with van der Waals surface area (Å²) < 4.78 is 0. The normalized spacial score (nSPS) is 22.6. The van der Waals surface area contributed by atoms with Crippen molar-refractivity contribution in [1.29, 1.82) is 0 Å². The van der Waals surface area contributed by atoms with Crippen LogP contribution in [0.15, 0.2) is 4.99 Å². The molecule has 0 radical (unpaired) electrons. The van der Waals surface area contributed by atoms with Gasteiger partial charge in [0.15, 0.2) is 5.96 Å². The zero-order valence-corrected chi connectivity index (χ0v) is 11.1. The minimum atomic E-state index is -0.0926. The van der Waals surface area contributed by atoms with E-state index in [0.717, 1.165) is 24.5 Å². The lowest BCUT2D eigenvalue weighted by Gasteiger charge is -2.06. The second kappa shape index (κ2) is 6.78. The van der Waals surface area contributed by atoms with Gasteiger partial charge in [-0.2, -0.15) is 11.8 Å². The Morgan fingerprint density at radius 3 is 2.88 bits per heavy atom. The third-order valence-corrected chi connectivity index (χ3v) is 3.17. The molecule has 1 atom stereocenters. The fourth-order valence-corrected chi connectivity index (χ4v) is 2.07. The van der Waals surface area contributed by atoms with Gasteiger partial charge in [0, 0.05) is 6.54 Å². The molecule has 16 heavy (non-hydrogen) atoms. The van der Waals surface area contributed by atoms with Crippen molar-refractivity contribution in [2.24, 2.45) is 10.9 Å². The number of rotatable bonds is 6. The Bertz CT molecular complexity index is 266. The van der Waals surface area contributed by atoms with Gasteiger partial charge in [0.2, 0.25) is 5.91 Å². The van der Waals surface area contributed by atoms with Crippen molar-refractivity contribution >= 4 is 23.6 Å². The maximum atomic E-state index is 11.6. The number of carbonyl (C=O) groups excluding carboxylic acids is 1. The number of nitrogens with one attached hydrogen (secondary N) is 2. The van der Waals surface area contributed by atoms with Gasteiger partial charge < -0.3 is 5.32 Å². The number of nitrogens with zero attached hydrogens (tertiary/aromatic N) is 1. The smallest absolute Gasteiger partial charge is 0.249 e. The maximum Gasteiger partial charge on any atom is 0.249 e. The molecular formula is C11H21N3OS. The van der Waals surface area contributed by atoms with Crippen LogP contribution in [-0.4, -0.2) is 36.0 Å². The molecule has 1 rings (SSSR count). The van der Waals surface area contributed by atoms with Gasteiger partial charge in [-0.25, -0.2) is 0 Å². The van der Waals surface area contributed by atoms with Gasteiger partial charge in [-0.1, -0.05) is 20.8 Å². The van der Waals surface area contributed by atoms with Crippen molar-refractivity contribution in [2.45, 2.75) is 33.2 Å². The molecule has 0 aromatic heterocycles. The Morgan fingerprint density at radius 1 is 1.50 bits per heavy atom. The van der Waals surface area contributed by atoms with Gasteiger partial charge in [0.25, 0.3) is 0 Å². The molecule has 0 aliphatic carbocycles. The summed E-state index contributed by atoms with van der Waals surface area (Å²) in [4.78, 5) is 15.9. The van der Waals surface area contributed by atoms with Crippen molar-refractivity contribution in [1.82, 2.24) is 10.6 Å². The maximum absolute atomic E-state index is 11.6. The highest BCUT2D eigenvalue weighted by Gasteiger charge is 2.27. The van der Waals surface area contributed by atoms with Crippen LogP contribution >= 0.6 is 11.8 Å². The lowest BCUT2D eigenvalue weighted by Crippen LogP contribution is -2.30. The fraction of sp³-hybridized carbons (Fsp3) is 0.818.